The number of ether oxygens (including phenoxy) is 1. The van der Waals surface area contributed by atoms with Crippen molar-refractivity contribution >= 4 is 24.1 Å². The number of amides is 1. The van der Waals surface area contributed by atoms with Crippen LogP contribution in [0.15, 0.2) is 36.7 Å². The Balaban J connectivity index is 0.00000289. The van der Waals surface area contributed by atoms with Gasteiger partial charge in [-0.3, -0.25) is 4.79 Å². The zero-order chi connectivity index (χ0) is 21.8. The van der Waals surface area contributed by atoms with Crippen molar-refractivity contribution < 1.29 is 22.7 Å². The molecular formula is C21H23ClF3N5O2. The Kier molecular flexibility index (Phi) is 7.89. The number of hydrogen-bond donors (Lipinski definition) is 0. The molecule has 7 nitrogen and oxygen atoms in total. The maximum Gasteiger partial charge on any atom is 0.280 e. The Morgan fingerprint density at radius 1 is 1.22 bits per heavy atom. The molecule has 2 aromatic heterocycles. The van der Waals surface area contributed by atoms with Gasteiger partial charge in [-0.15, -0.1) is 12.4 Å². The fraction of sp³-hybridized carbons (Fsp3) is 0.429. The van der Waals surface area contributed by atoms with E-state index in [0.717, 1.165) is 4.52 Å². The van der Waals surface area contributed by atoms with Crippen LogP contribution in [0, 0.1) is 5.82 Å². The van der Waals surface area contributed by atoms with E-state index in [4.69, 9.17) is 4.74 Å². The molecule has 0 spiro atoms. The number of piperidine rings is 1. The standard InChI is InChI=1S/C21H22F3N5O2.ClH/c22-15-3-1-4-16(11-15)31-10-2-5-19(30)28-8-6-14(7-9-28)17-12-18(20(23)24)29-21(27-17)25-13-26-29;/h1,3-4,11-14,20H,2,5-10H2;1H. The van der Waals surface area contributed by atoms with Gasteiger partial charge in [0.1, 0.15) is 23.6 Å². The molecule has 0 bridgehead atoms. The minimum Gasteiger partial charge on any atom is -0.493 e. The lowest BCUT2D eigenvalue weighted by atomic mass is 9.92. The van der Waals surface area contributed by atoms with Gasteiger partial charge in [0.25, 0.3) is 12.2 Å². The van der Waals surface area contributed by atoms with Crippen LogP contribution in [0.2, 0.25) is 0 Å². The molecule has 1 fully saturated rings. The zero-order valence-corrected chi connectivity index (χ0v) is 18.0. The molecule has 4 rings (SSSR count). The summed E-state index contributed by atoms with van der Waals surface area (Å²) in [6.45, 7) is 1.40. The van der Waals surface area contributed by atoms with Crippen LogP contribution in [0.4, 0.5) is 13.2 Å². The summed E-state index contributed by atoms with van der Waals surface area (Å²) in [6, 6.07) is 7.27. The molecule has 0 N–H and O–H groups in total. The highest BCUT2D eigenvalue weighted by molar-refractivity contribution is 5.85. The quantitative estimate of drug-likeness (QED) is 0.485. The van der Waals surface area contributed by atoms with Crippen LogP contribution in [-0.4, -0.2) is 50.1 Å². The Bertz CT molecular complexity index is 1060. The fourth-order valence-corrected chi connectivity index (χ4v) is 3.77. The maximum atomic E-state index is 13.4. The summed E-state index contributed by atoms with van der Waals surface area (Å²) in [5.74, 6) is 0.239. The number of rotatable bonds is 7. The first-order valence-electron chi connectivity index (χ1n) is 10.2. The number of alkyl halides is 2. The lowest BCUT2D eigenvalue weighted by Crippen LogP contribution is -2.38. The second-order valence-electron chi connectivity index (χ2n) is 7.44. The lowest BCUT2D eigenvalue weighted by Gasteiger charge is -2.32. The van der Waals surface area contributed by atoms with Crippen LogP contribution in [-0.2, 0) is 4.79 Å². The SMILES string of the molecule is Cl.O=C(CCCOc1cccc(F)c1)N1CCC(c2cc(C(F)F)n3ncnc3n2)CC1. The van der Waals surface area contributed by atoms with Gasteiger partial charge in [0, 0.05) is 37.2 Å². The number of nitrogens with zero attached hydrogens (tertiary/aromatic N) is 5. The summed E-state index contributed by atoms with van der Waals surface area (Å²) in [5.41, 5.74) is 0.334. The molecule has 1 aliphatic heterocycles. The van der Waals surface area contributed by atoms with Crippen molar-refractivity contribution in [3.63, 3.8) is 0 Å². The largest absolute Gasteiger partial charge is 0.493 e. The first-order valence-corrected chi connectivity index (χ1v) is 10.2. The minimum absolute atomic E-state index is 0. The van der Waals surface area contributed by atoms with E-state index in [9.17, 15) is 18.0 Å². The number of benzene rings is 1. The summed E-state index contributed by atoms with van der Waals surface area (Å²) in [7, 11) is 0. The number of carbonyl (C=O) groups is 1. The van der Waals surface area contributed by atoms with Gasteiger partial charge < -0.3 is 9.64 Å². The molecule has 3 heterocycles. The summed E-state index contributed by atoms with van der Waals surface area (Å²) >= 11 is 0. The average molecular weight is 470 g/mol. The van der Waals surface area contributed by atoms with Crippen molar-refractivity contribution in [1.29, 1.82) is 0 Å². The second-order valence-corrected chi connectivity index (χ2v) is 7.44. The normalized spacial score (nSPS) is 14.6. The van der Waals surface area contributed by atoms with Crippen molar-refractivity contribution in [2.75, 3.05) is 19.7 Å². The van der Waals surface area contributed by atoms with Crippen molar-refractivity contribution in [3.8, 4) is 5.75 Å². The molecule has 172 valence electrons. The Labute approximate surface area is 189 Å². The van der Waals surface area contributed by atoms with Crippen molar-refractivity contribution in [2.45, 2.75) is 38.0 Å². The van der Waals surface area contributed by atoms with E-state index in [-0.39, 0.29) is 41.5 Å². The maximum absolute atomic E-state index is 13.4. The number of fused-ring (bicyclic) bond motifs is 1. The van der Waals surface area contributed by atoms with E-state index in [2.05, 4.69) is 15.1 Å². The monoisotopic (exact) mass is 469 g/mol. The van der Waals surface area contributed by atoms with Crippen LogP contribution in [0.25, 0.3) is 5.78 Å². The summed E-state index contributed by atoms with van der Waals surface area (Å²) in [6.07, 6.45) is 0.675. The van der Waals surface area contributed by atoms with Gasteiger partial charge >= 0.3 is 0 Å². The summed E-state index contributed by atoms with van der Waals surface area (Å²) in [4.78, 5) is 22.6. The number of hydrogen-bond acceptors (Lipinski definition) is 5. The van der Waals surface area contributed by atoms with Gasteiger partial charge in [-0.1, -0.05) is 6.07 Å². The van der Waals surface area contributed by atoms with Crippen molar-refractivity contribution in [3.05, 3.63) is 53.9 Å². The molecule has 0 saturated carbocycles. The van der Waals surface area contributed by atoms with Gasteiger partial charge in [-0.05, 0) is 37.5 Å². The van der Waals surface area contributed by atoms with Crippen LogP contribution < -0.4 is 4.74 Å². The van der Waals surface area contributed by atoms with Crippen LogP contribution in [0.3, 0.4) is 0 Å². The van der Waals surface area contributed by atoms with E-state index >= 15 is 0 Å². The number of aromatic nitrogens is 4. The molecule has 1 aliphatic rings. The highest BCUT2D eigenvalue weighted by atomic mass is 35.5. The molecule has 0 atom stereocenters. The van der Waals surface area contributed by atoms with Crippen LogP contribution in [0.1, 0.15) is 49.4 Å². The molecule has 1 saturated heterocycles. The molecule has 0 unspecified atom stereocenters. The third-order valence-electron chi connectivity index (χ3n) is 5.39. The smallest absolute Gasteiger partial charge is 0.280 e. The first-order chi connectivity index (χ1) is 15.0. The van der Waals surface area contributed by atoms with Gasteiger partial charge in [0.2, 0.25) is 5.91 Å². The fourth-order valence-electron chi connectivity index (χ4n) is 3.77. The molecule has 1 amide bonds. The minimum atomic E-state index is -2.68. The van der Waals surface area contributed by atoms with Crippen molar-refractivity contribution in [1.82, 2.24) is 24.5 Å². The van der Waals surface area contributed by atoms with Gasteiger partial charge in [-0.25, -0.2) is 18.2 Å². The molecular weight excluding hydrogens is 447 g/mol. The van der Waals surface area contributed by atoms with Crippen LogP contribution >= 0.6 is 12.4 Å². The highest BCUT2D eigenvalue weighted by Crippen LogP contribution is 2.30. The van der Waals surface area contributed by atoms with E-state index in [1.165, 1.54) is 24.5 Å². The predicted octanol–water partition coefficient (Wildman–Crippen LogP) is 4.19. The zero-order valence-electron chi connectivity index (χ0n) is 17.2. The van der Waals surface area contributed by atoms with E-state index in [1.54, 1.807) is 17.0 Å². The second kappa shape index (κ2) is 10.6. The summed E-state index contributed by atoms with van der Waals surface area (Å²) < 4.78 is 46.4. The third-order valence-corrected chi connectivity index (χ3v) is 5.39. The topological polar surface area (TPSA) is 72.6 Å². The van der Waals surface area contributed by atoms with E-state index < -0.39 is 6.43 Å². The van der Waals surface area contributed by atoms with Crippen LogP contribution in [0.5, 0.6) is 5.75 Å². The Hall–Kier alpha value is -2.88. The Morgan fingerprint density at radius 3 is 2.72 bits per heavy atom. The van der Waals surface area contributed by atoms with E-state index in [0.29, 0.717) is 56.8 Å². The van der Waals surface area contributed by atoms with Crippen molar-refractivity contribution in [2.24, 2.45) is 0 Å². The third kappa shape index (κ3) is 5.48. The van der Waals surface area contributed by atoms with Gasteiger partial charge in [0.15, 0.2) is 0 Å². The first kappa shape index (κ1) is 23.8. The summed E-state index contributed by atoms with van der Waals surface area (Å²) in [5, 5.41) is 3.80. The van der Waals surface area contributed by atoms with Gasteiger partial charge in [-0.2, -0.15) is 14.6 Å². The highest BCUT2D eigenvalue weighted by Gasteiger charge is 2.26. The molecule has 0 aliphatic carbocycles. The Morgan fingerprint density at radius 2 is 2.00 bits per heavy atom. The average Bonchev–Trinajstić information content (AvgIpc) is 3.24. The van der Waals surface area contributed by atoms with E-state index in [1.807, 2.05) is 0 Å². The predicted molar refractivity (Wildman–Crippen MR) is 113 cm³/mol. The molecule has 1 aromatic carbocycles. The molecule has 11 heteroatoms. The molecule has 32 heavy (non-hydrogen) atoms. The number of likely N-dealkylation sites (tertiary alicyclic amines) is 1. The lowest BCUT2D eigenvalue weighted by molar-refractivity contribution is -0.132. The van der Waals surface area contributed by atoms with Gasteiger partial charge in [0.05, 0.1) is 6.61 Å². The molecule has 3 aromatic rings. The number of carbonyl (C=O) groups excluding carboxylic acids is 1. The number of halogens is 4. The molecule has 0 radical (unpaired) electrons.